The summed E-state index contributed by atoms with van der Waals surface area (Å²) in [5, 5.41) is 0. The van der Waals surface area contributed by atoms with E-state index in [0.717, 1.165) is 11.8 Å². The van der Waals surface area contributed by atoms with Gasteiger partial charge < -0.3 is 0 Å². The summed E-state index contributed by atoms with van der Waals surface area (Å²) in [5.41, 5.74) is 0. The summed E-state index contributed by atoms with van der Waals surface area (Å²) in [5.74, 6) is 4.65. The number of hydrogen-bond donors (Lipinski definition) is 0. The van der Waals surface area contributed by atoms with E-state index in [4.69, 9.17) is 0 Å². The van der Waals surface area contributed by atoms with E-state index < -0.39 is 0 Å². The molecule has 0 atom stereocenters. The van der Waals surface area contributed by atoms with E-state index in [-0.39, 0.29) is 21.1 Å². The summed E-state index contributed by atoms with van der Waals surface area (Å²) >= 11 is 2.27. The van der Waals surface area contributed by atoms with Gasteiger partial charge in [-0.25, -0.2) is 0 Å². The normalized spacial score (nSPS) is 11.4. The Morgan fingerprint density at radius 3 is 0.952 bits per heavy atom. The van der Waals surface area contributed by atoms with Crippen LogP contribution in [0.5, 0.6) is 0 Å². The zero-order valence-corrected chi connectivity index (χ0v) is 34.4. The summed E-state index contributed by atoms with van der Waals surface area (Å²) in [7, 11) is 0. The van der Waals surface area contributed by atoms with Crippen LogP contribution in [0.25, 0.3) is 0 Å². The molecule has 0 unspecified atom stereocenters. The molecule has 0 aromatic carbocycles. The average Bonchev–Trinajstić information content (AvgIpc) is 2.97. The molecule has 0 aliphatic heterocycles. The molecular weight excluding hydrogens is 631 g/mol. The first-order valence-corrected chi connectivity index (χ1v) is 25.0. The minimum absolute atomic E-state index is 0.0570. The maximum Gasteiger partial charge on any atom is -0.00675 e. The van der Waals surface area contributed by atoms with Crippen LogP contribution in [0, 0.1) is 11.8 Å². The Bertz CT molecular complexity index is 397. The van der Waals surface area contributed by atoms with Gasteiger partial charge >= 0.3 is 121 Å². The summed E-state index contributed by atoms with van der Waals surface area (Å²) < 4.78 is 3.29. The van der Waals surface area contributed by atoms with Crippen LogP contribution < -0.4 is 0 Å². The molecule has 2 heteroatoms. The molecule has 0 aliphatic carbocycles. The van der Waals surface area contributed by atoms with Crippen molar-refractivity contribution in [3.05, 3.63) is 0 Å². The fourth-order valence-corrected chi connectivity index (χ4v) is 10.2. The van der Waals surface area contributed by atoms with Crippen LogP contribution in [0.2, 0.25) is 8.87 Å². The van der Waals surface area contributed by atoms with Crippen molar-refractivity contribution < 1.29 is 0 Å². The van der Waals surface area contributed by atoms with Gasteiger partial charge in [0.25, 0.3) is 0 Å². The van der Waals surface area contributed by atoms with Crippen molar-refractivity contribution in [3.8, 4) is 0 Å². The summed E-state index contributed by atoms with van der Waals surface area (Å²) in [4.78, 5) is 0. The second-order valence-electron chi connectivity index (χ2n) is 14.2. The van der Waals surface area contributed by atoms with Gasteiger partial charge in [-0.3, -0.25) is 0 Å². The molecule has 0 aromatic heterocycles. The predicted octanol–water partition coefficient (Wildman–Crippen LogP) is 15.5. The third-order valence-corrected chi connectivity index (χ3v) is 13.7. The first-order valence-electron chi connectivity index (χ1n) is 19.8. The van der Waals surface area contributed by atoms with Crippen molar-refractivity contribution in [1.29, 1.82) is 0 Å². The van der Waals surface area contributed by atoms with Crippen LogP contribution in [0.1, 0.15) is 221 Å². The van der Waals surface area contributed by atoms with Crippen molar-refractivity contribution in [2.45, 2.75) is 230 Å². The Kier molecular flexibility index (Phi) is 45.4. The second kappa shape index (κ2) is 42.1. The molecule has 0 heterocycles. The van der Waals surface area contributed by atoms with Gasteiger partial charge in [0.1, 0.15) is 0 Å². The quantitative estimate of drug-likeness (QED) is 0.0472. The first kappa shape index (κ1) is 45.3. The number of hydrogen-bond acceptors (Lipinski definition) is 1. The smallest absolute Gasteiger partial charge is 0.00675 e. The molecule has 0 amide bonds. The van der Waals surface area contributed by atoms with Gasteiger partial charge in [-0.05, 0) is 24.3 Å². The maximum atomic E-state index is 2.34. The van der Waals surface area contributed by atoms with Gasteiger partial charge in [0, 0.05) is 0 Å². The third kappa shape index (κ3) is 48.1. The number of rotatable bonds is 34. The van der Waals surface area contributed by atoms with Crippen molar-refractivity contribution in [3.63, 3.8) is 0 Å². The van der Waals surface area contributed by atoms with Gasteiger partial charge in [-0.1, -0.05) is 129 Å². The van der Waals surface area contributed by atoms with Crippen LogP contribution in [0.15, 0.2) is 0 Å². The van der Waals surface area contributed by atoms with Crippen LogP contribution in [-0.2, 0) is 0 Å². The largest absolute Gasteiger partial charge is 0.162 e. The minimum atomic E-state index is 0.0570. The van der Waals surface area contributed by atoms with E-state index in [1.54, 1.807) is 21.7 Å². The molecule has 0 aliphatic rings. The van der Waals surface area contributed by atoms with E-state index in [1.165, 1.54) is 178 Å². The van der Waals surface area contributed by atoms with E-state index >= 15 is 0 Å². The fourth-order valence-electron chi connectivity index (χ4n) is 5.57. The van der Waals surface area contributed by atoms with Gasteiger partial charge in [-0.2, -0.15) is 11.8 Å². The van der Waals surface area contributed by atoms with Gasteiger partial charge in [0.15, 0.2) is 0 Å². The summed E-state index contributed by atoms with van der Waals surface area (Å²) in [6.07, 6.45) is 41.2. The van der Waals surface area contributed by atoms with Gasteiger partial charge in [0.05, 0.1) is 0 Å². The van der Waals surface area contributed by atoms with E-state index in [0.29, 0.717) is 0 Å². The molecule has 0 saturated carbocycles. The van der Waals surface area contributed by atoms with E-state index in [1.807, 2.05) is 0 Å². The molecule has 2 radical (unpaired) electrons. The van der Waals surface area contributed by atoms with Crippen molar-refractivity contribution >= 4 is 32.9 Å². The molecule has 0 aromatic rings. The van der Waals surface area contributed by atoms with Crippen LogP contribution in [-0.4, -0.2) is 32.6 Å². The molecule has 0 fully saturated rings. The standard InChI is InChI=1S/C24H50S.2C8H17.Sn/c1-3-5-7-9-11-13-15-17-19-21-23-25-24-22-20-18-16-14-12-10-8-6-4-2;2*1-4-5-6-7-8(2)3;/h3-24H2,1-2H3;2*8H,1,4-7H2,2-3H3;. The monoisotopic (exact) mass is 717 g/mol. The molecule has 0 saturated heterocycles. The maximum absolute atomic E-state index is 2.34. The van der Waals surface area contributed by atoms with Crippen LogP contribution >= 0.6 is 11.8 Å². The van der Waals surface area contributed by atoms with Crippen LogP contribution in [0.3, 0.4) is 0 Å². The van der Waals surface area contributed by atoms with Gasteiger partial charge in [-0.15, -0.1) is 0 Å². The van der Waals surface area contributed by atoms with Crippen molar-refractivity contribution in [2.24, 2.45) is 11.8 Å². The number of unbranched alkanes of at least 4 members (excludes halogenated alkanes) is 22. The second-order valence-corrected chi connectivity index (χ2v) is 19.7. The summed E-state index contributed by atoms with van der Waals surface area (Å²) in [6.45, 7) is 14.0. The molecule has 0 nitrogen and oxygen atoms in total. The molecule has 254 valence electrons. The van der Waals surface area contributed by atoms with E-state index in [2.05, 4.69) is 53.3 Å². The van der Waals surface area contributed by atoms with Gasteiger partial charge in [0.2, 0.25) is 0 Å². The molecule has 0 rings (SSSR count). The molecule has 0 bridgehead atoms. The van der Waals surface area contributed by atoms with Crippen LogP contribution in [0.4, 0.5) is 0 Å². The predicted molar refractivity (Wildman–Crippen MR) is 203 cm³/mol. The van der Waals surface area contributed by atoms with Crippen molar-refractivity contribution in [1.82, 2.24) is 0 Å². The minimum Gasteiger partial charge on any atom is -0.162 e. The SMILES string of the molecule is CC(C)CCCC[CH2][Sn][CH2]CCCCC(C)C.CCCCCCCCCCCCSCCCCCCCCCCCC. The Morgan fingerprint density at radius 1 is 0.357 bits per heavy atom. The number of thioether (sulfide) groups is 1. The average molecular weight is 716 g/mol. The molecule has 42 heavy (non-hydrogen) atoms. The molecule has 0 N–H and O–H groups in total. The Morgan fingerprint density at radius 2 is 0.643 bits per heavy atom. The zero-order chi connectivity index (χ0) is 31.2. The third-order valence-electron chi connectivity index (χ3n) is 8.55. The first-order chi connectivity index (χ1) is 20.5. The van der Waals surface area contributed by atoms with Crippen molar-refractivity contribution in [2.75, 3.05) is 11.5 Å². The fraction of sp³-hybridized carbons (Fsp3) is 1.00. The van der Waals surface area contributed by atoms with E-state index in [9.17, 15) is 0 Å². The molecular formula is C40H84SSn. The Balaban J connectivity index is 0. The Hall–Kier alpha value is 1.15. The Labute approximate surface area is 284 Å². The zero-order valence-electron chi connectivity index (χ0n) is 30.7. The topological polar surface area (TPSA) is 0 Å². The summed E-state index contributed by atoms with van der Waals surface area (Å²) in [6, 6.07) is 0. The molecule has 0 spiro atoms.